The number of rotatable bonds is 4. The SMILES string of the molecule is C=C(CNC)CN1CC2CCC(C1)O2. The quantitative estimate of drug-likeness (QED) is 0.667. The van der Waals surface area contributed by atoms with E-state index in [-0.39, 0.29) is 0 Å². The number of morpholine rings is 1. The van der Waals surface area contributed by atoms with Crippen LogP contribution in [0.25, 0.3) is 0 Å². The van der Waals surface area contributed by atoms with Crippen molar-refractivity contribution in [3.63, 3.8) is 0 Å². The lowest BCUT2D eigenvalue weighted by Crippen LogP contribution is -2.43. The third-order valence-electron chi connectivity index (χ3n) is 2.99. The number of likely N-dealkylation sites (N-methyl/N-ethyl adjacent to an activating group) is 1. The van der Waals surface area contributed by atoms with E-state index < -0.39 is 0 Å². The van der Waals surface area contributed by atoms with Crippen LogP contribution in [0.1, 0.15) is 12.8 Å². The van der Waals surface area contributed by atoms with Gasteiger partial charge in [-0.15, -0.1) is 0 Å². The second kappa shape index (κ2) is 4.43. The molecule has 2 bridgehead atoms. The normalized spacial score (nSPS) is 32.1. The predicted octanol–water partition coefficient (Wildman–Crippen LogP) is 0.625. The summed E-state index contributed by atoms with van der Waals surface area (Å²) in [6.45, 7) is 8.21. The molecule has 0 aromatic heterocycles. The van der Waals surface area contributed by atoms with Crippen LogP contribution in [-0.4, -0.2) is 50.3 Å². The minimum Gasteiger partial charge on any atom is -0.372 e. The van der Waals surface area contributed by atoms with E-state index in [4.69, 9.17) is 4.74 Å². The van der Waals surface area contributed by atoms with E-state index in [2.05, 4.69) is 16.8 Å². The lowest BCUT2D eigenvalue weighted by molar-refractivity contribution is -0.0352. The summed E-state index contributed by atoms with van der Waals surface area (Å²) in [4.78, 5) is 2.48. The molecule has 0 aromatic rings. The highest BCUT2D eigenvalue weighted by Gasteiger charge is 2.33. The molecule has 14 heavy (non-hydrogen) atoms. The molecule has 2 aliphatic rings. The van der Waals surface area contributed by atoms with Crippen LogP contribution < -0.4 is 5.32 Å². The van der Waals surface area contributed by atoms with Crippen molar-refractivity contribution < 1.29 is 4.74 Å². The van der Waals surface area contributed by atoms with Crippen LogP contribution in [-0.2, 0) is 4.74 Å². The number of fused-ring (bicyclic) bond motifs is 2. The van der Waals surface area contributed by atoms with Gasteiger partial charge in [0, 0.05) is 26.2 Å². The Morgan fingerprint density at radius 3 is 2.64 bits per heavy atom. The molecule has 2 atom stereocenters. The van der Waals surface area contributed by atoms with Gasteiger partial charge in [-0.1, -0.05) is 6.58 Å². The monoisotopic (exact) mass is 196 g/mol. The second-order valence-corrected chi connectivity index (χ2v) is 4.43. The maximum atomic E-state index is 5.78. The van der Waals surface area contributed by atoms with Crippen molar-refractivity contribution >= 4 is 0 Å². The zero-order chi connectivity index (χ0) is 9.97. The van der Waals surface area contributed by atoms with Crippen molar-refractivity contribution in [2.24, 2.45) is 0 Å². The van der Waals surface area contributed by atoms with Crippen LogP contribution in [0.3, 0.4) is 0 Å². The minimum atomic E-state index is 0.496. The third-order valence-corrected chi connectivity index (χ3v) is 2.99. The van der Waals surface area contributed by atoms with Gasteiger partial charge in [-0.3, -0.25) is 4.90 Å². The molecule has 80 valence electrons. The van der Waals surface area contributed by atoms with Gasteiger partial charge < -0.3 is 10.1 Å². The number of likely N-dealkylation sites (tertiary alicyclic amines) is 1. The Labute approximate surface area is 86.1 Å². The molecule has 0 aromatic carbocycles. The van der Waals surface area contributed by atoms with Crippen molar-refractivity contribution in [1.29, 1.82) is 0 Å². The molecular weight excluding hydrogens is 176 g/mol. The van der Waals surface area contributed by atoms with E-state index in [1.54, 1.807) is 0 Å². The summed E-state index contributed by atoms with van der Waals surface area (Å²) >= 11 is 0. The maximum Gasteiger partial charge on any atom is 0.0707 e. The molecule has 0 radical (unpaired) electrons. The molecule has 2 unspecified atom stereocenters. The molecule has 3 heteroatoms. The van der Waals surface area contributed by atoms with Gasteiger partial charge in [0.15, 0.2) is 0 Å². The molecule has 0 saturated carbocycles. The lowest BCUT2D eigenvalue weighted by atomic mass is 10.2. The molecule has 2 saturated heterocycles. The van der Waals surface area contributed by atoms with E-state index in [1.807, 2.05) is 7.05 Å². The fourth-order valence-electron chi connectivity index (χ4n) is 2.45. The van der Waals surface area contributed by atoms with Crippen molar-refractivity contribution in [2.45, 2.75) is 25.0 Å². The molecule has 0 spiro atoms. The fourth-order valence-corrected chi connectivity index (χ4v) is 2.45. The van der Waals surface area contributed by atoms with E-state index in [1.165, 1.54) is 18.4 Å². The van der Waals surface area contributed by atoms with Crippen molar-refractivity contribution in [1.82, 2.24) is 10.2 Å². The minimum absolute atomic E-state index is 0.496. The molecule has 1 N–H and O–H groups in total. The van der Waals surface area contributed by atoms with Crippen LogP contribution in [0.4, 0.5) is 0 Å². The number of nitrogens with zero attached hydrogens (tertiary/aromatic N) is 1. The van der Waals surface area contributed by atoms with Gasteiger partial charge in [0.2, 0.25) is 0 Å². The van der Waals surface area contributed by atoms with Crippen LogP contribution in [0, 0.1) is 0 Å². The van der Waals surface area contributed by atoms with Crippen molar-refractivity contribution in [3.8, 4) is 0 Å². The van der Waals surface area contributed by atoms with Crippen LogP contribution >= 0.6 is 0 Å². The van der Waals surface area contributed by atoms with E-state index >= 15 is 0 Å². The topological polar surface area (TPSA) is 24.5 Å². The van der Waals surface area contributed by atoms with Crippen LogP contribution in [0.2, 0.25) is 0 Å². The molecule has 3 nitrogen and oxygen atoms in total. The zero-order valence-corrected chi connectivity index (χ0v) is 8.96. The van der Waals surface area contributed by atoms with Gasteiger partial charge in [0.05, 0.1) is 12.2 Å². The van der Waals surface area contributed by atoms with E-state index in [9.17, 15) is 0 Å². The lowest BCUT2D eigenvalue weighted by Gasteiger charge is -2.32. The number of hydrogen-bond donors (Lipinski definition) is 1. The standard InChI is InChI=1S/C11H20N2O/c1-9(5-12-2)6-13-7-10-3-4-11(8-13)14-10/h10-12H,1,3-8H2,2H3. The van der Waals surface area contributed by atoms with Gasteiger partial charge in [-0.2, -0.15) is 0 Å². The zero-order valence-electron chi connectivity index (χ0n) is 8.96. The first-order valence-electron chi connectivity index (χ1n) is 5.47. The Morgan fingerprint density at radius 2 is 2.07 bits per heavy atom. The van der Waals surface area contributed by atoms with E-state index in [0.29, 0.717) is 12.2 Å². The highest BCUT2D eigenvalue weighted by Crippen LogP contribution is 2.26. The molecule has 2 aliphatic heterocycles. The van der Waals surface area contributed by atoms with Gasteiger partial charge >= 0.3 is 0 Å². The highest BCUT2D eigenvalue weighted by atomic mass is 16.5. The number of hydrogen-bond acceptors (Lipinski definition) is 3. The number of nitrogens with one attached hydrogen (secondary N) is 1. The Morgan fingerprint density at radius 1 is 1.43 bits per heavy atom. The molecule has 2 fully saturated rings. The highest BCUT2D eigenvalue weighted by molar-refractivity contribution is 5.01. The Hall–Kier alpha value is -0.380. The molecular formula is C11H20N2O. The smallest absolute Gasteiger partial charge is 0.0707 e. The summed E-state index contributed by atoms with van der Waals surface area (Å²) in [5, 5.41) is 3.14. The van der Waals surface area contributed by atoms with Crippen LogP contribution in [0.5, 0.6) is 0 Å². The summed E-state index contributed by atoms with van der Waals surface area (Å²) in [6, 6.07) is 0. The van der Waals surface area contributed by atoms with Crippen LogP contribution in [0.15, 0.2) is 12.2 Å². The Kier molecular flexibility index (Phi) is 3.21. The molecule has 2 heterocycles. The van der Waals surface area contributed by atoms with E-state index in [0.717, 1.165) is 26.2 Å². The first kappa shape index (κ1) is 10.1. The fraction of sp³-hybridized carbons (Fsp3) is 0.818. The predicted molar refractivity (Wildman–Crippen MR) is 57.4 cm³/mol. The second-order valence-electron chi connectivity index (χ2n) is 4.43. The first-order chi connectivity index (χ1) is 6.78. The summed E-state index contributed by atoms with van der Waals surface area (Å²) in [6.07, 6.45) is 3.49. The third kappa shape index (κ3) is 2.35. The van der Waals surface area contributed by atoms with Crippen molar-refractivity contribution in [3.05, 3.63) is 12.2 Å². The summed E-state index contributed by atoms with van der Waals surface area (Å²) in [7, 11) is 1.97. The summed E-state index contributed by atoms with van der Waals surface area (Å²) in [5.74, 6) is 0. The van der Waals surface area contributed by atoms with Gasteiger partial charge in [-0.25, -0.2) is 0 Å². The average molecular weight is 196 g/mol. The maximum absolute atomic E-state index is 5.78. The molecule has 2 rings (SSSR count). The Bertz CT molecular complexity index is 205. The van der Waals surface area contributed by atoms with Gasteiger partial charge in [0.25, 0.3) is 0 Å². The summed E-state index contributed by atoms with van der Waals surface area (Å²) < 4.78 is 5.78. The largest absolute Gasteiger partial charge is 0.372 e. The van der Waals surface area contributed by atoms with Gasteiger partial charge in [0.1, 0.15) is 0 Å². The Balaban J connectivity index is 1.79. The summed E-state index contributed by atoms with van der Waals surface area (Å²) in [5.41, 5.74) is 1.27. The molecule has 0 amide bonds. The van der Waals surface area contributed by atoms with Crippen molar-refractivity contribution in [2.75, 3.05) is 33.2 Å². The van der Waals surface area contributed by atoms with Gasteiger partial charge in [-0.05, 0) is 25.5 Å². The first-order valence-corrected chi connectivity index (χ1v) is 5.47. The molecule has 0 aliphatic carbocycles. The number of ether oxygens (including phenoxy) is 1. The average Bonchev–Trinajstić information content (AvgIpc) is 2.46.